The molecule has 0 spiro atoms. The summed E-state index contributed by atoms with van der Waals surface area (Å²) in [5.74, 6) is 0.644. The van der Waals surface area contributed by atoms with Crippen molar-refractivity contribution < 1.29 is 10.2 Å². The van der Waals surface area contributed by atoms with E-state index in [2.05, 4.69) is 43.3 Å². The Bertz CT molecular complexity index is 625. The van der Waals surface area contributed by atoms with Crippen molar-refractivity contribution >= 4 is 6.08 Å². The molecule has 0 bridgehead atoms. The summed E-state index contributed by atoms with van der Waals surface area (Å²) in [5, 5.41) is 17.3. The van der Waals surface area contributed by atoms with Crippen molar-refractivity contribution in [2.24, 2.45) is 0 Å². The van der Waals surface area contributed by atoms with Gasteiger partial charge in [0, 0.05) is 0 Å². The van der Waals surface area contributed by atoms with Gasteiger partial charge in [0.2, 0.25) is 0 Å². The number of phenols is 2. The highest BCUT2D eigenvalue weighted by Crippen LogP contribution is 2.03. The van der Waals surface area contributed by atoms with E-state index in [0.717, 1.165) is 6.42 Å². The molecule has 0 aromatic heterocycles. The number of aromatic hydroxyl groups is 2. The summed E-state index contributed by atoms with van der Waals surface area (Å²) in [7, 11) is 0. The maximum atomic E-state index is 8.63. The predicted octanol–water partition coefficient (Wildman–Crippen LogP) is 5.89. The van der Waals surface area contributed by atoms with Crippen LogP contribution in [0.5, 0.6) is 11.5 Å². The lowest BCUT2D eigenvalue weighted by Crippen LogP contribution is -1.66. The molecule has 3 aromatic carbocycles. The largest absolute Gasteiger partial charge is 0.508 e. The third kappa shape index (κ3) is 9.85. The van der Waals surface area contributed by atoms with Gasteiger partial charge >= 0.3 is 0 Å². The van der Waals surface area contributed by atoms with Gasteiger partial charge in [-0.05, 0) is 36.2 Å². The molecule has 24 heavy (non-hydrogen) atoms. The first kappa shape index (κ1) is 19.0. The van der Waals surface area contributed by atoms with Gasteiger partial charge in [0.15, 0.2) is 0 Å². The summed E-state index contributed by atoms with van der Waals surface area (Å²) >= 11 is 0. The van der Waals surface area contributed by atoms with Crippen LogP contribution in [-0.4, -0.2) is 10.2 Å². The molecule has 0 radical (unpaired) electrons. The van der Waals surface area contributed by atoms with E-state index in [0.29, 0.717) is 11.5 Å². The lowest BCUT2D eigenvalue weighted by atomic mass is 10.2. The van der Waals surface area contributed by atoms with Gasteiger partial charge in [-0.2, -0.15) is 0 Å². The van der Waals surface area contributed by atoms with E-state index in [9.17, 15) is 0 Å². The molecule has 0 aliphatic heterocycles. The van der Waals surface area contributed by atoms with Crippen LogP contribution in [0.4, 0.5) is 0 Å². The number of allylic oxidation sites excluding steroid dienone is 1. The van der Waals surface area contributed by atoms with Crippen molar-refractivity contribution in [2.75, 3.05) is 0 Å². The molecule has 0 aliphatic rings. The fourth-order valence-electron chi connectivity index (χ4n) is 1.67. The quantitative estimate of drug-likeness (QED) is 0.617. The molecule has 0 saturated carbocycles. The van der Waals surface area contributed by atoms with E-state index in [1.807, 2.05) is 18.2 Å². The van der Waals surface area contributed by atoms with Gasteiger partial charge in [0.05, 0.1) is 0 Å². The number of rotatable bonds is 2. The first-order chi connectivity index (χ1) is 11.7. The Morgan fingerprint density at radius 3 is 1.29 bits per heavy atom. The summed E-state index contributed by atoms with van der Waals surface area (Å²) in [4.78, 5) is 0. The topological polar surface area (TPSA) is 40.5 Å². The summed E-state index contributed by atoms with van der Waals surface area (Å²) in [6.07, 6.45) is 5.41. The zero-order valence-corrected chi connectivity index (χ0v) is 13.9. The first-order valence-electron chi connectivity index (χ1n) is 7.92. The highest BCUT2D eigenvalue weighted by atomic mass is 16.3. The van der Waals surface area contributed by atoms with Crippen molar-refractivity contribution in [1.29, 1.82) is 0 Å². The normalized spacial score (nSPS) is 9.38. The van der Waals surface area contributed by atoms with Gasteiger partial charge in [-0.25, -0.2) is 0 Å². The Labute approximate surface area is 144 Å². The molecule has 0 saturated heterocycles. The standard InChI is InChI=1S/C10H12.2C6H6O/c1-2-3-7-10-8-5-4-6-9-10;2*7-6-4-2-1-3-5-6/h3-9H,2H2,1H3;2*1-5,7H. The Balaban J connectivity index is 0.000000185. The van der Waals surface area contributed by atoms with Crippen molar-refractivity contribution in [3.63, 3.8) is 0 Å². The fourth-order valence-corrected chi connectivity index (χ4v) is 1.67. The Hall–Kier alpha value is -3.00. The molecule has 0 aliphatic carbocycles. The fraction of sp³-hybridized carbons (Fsp3) is 0.0909. The van der Waals surface area contributed by atoms with Gasteiger partial charge < -0.3 is 10.2 Å². The van der Waals surface area contributed by atoms with Crippen LogP contribution in [0.25, 0.3) is 6.08 Å². The second kappa shape index (κ2) is 12.5. The van der Waals surface area contributed by atoms with Crippen LogP contribution >= 0.6 is 0 Å². The smallest absolute Gasteiger partial charge is 0.115 e. The van der Waals surface area contributed by atoms with E-state index in [4.69, 9.17) is 10.2 Å². The predicted molar refractivity (Wildman–Crippen MR) is 102 cm³/mol. The molecule has 124 valence electrons. The van der Waals surface area contributed by atoms with E-state index in [1.54, 1.807) is 48.5 Å². The Kier molecular flexibility index (Phi) is 9.95. The Morgan fingerprint density at radius 1 is 0.625 bits per heavy atom. The van der Waals surface area contributed by atoms with Crippen molar-refractivity contribution in [3.05, 3.63) is 103 Å². The monoisotopic (exact) mass is 320 g/mol. The second-order valence-corrected chi connectivity index (χ2v) is 4.89. The summed E-state index contributed by atoms with van der Waals surface area (Å²) < 4.78 is 0. The third-order valence-corrected chi connectivity index (χ3v) is 2.86. The Morgan fingerprint density at radius 2 is 1.00 bits per heavy atom. The van der Waals surface area contributed by atoms with Crippen LogP contribution in [-0.2, 0) is 0 Å². The van der Waals surface area contributed by atoms with Crippen molar-refractivity contribution in [2.45, 2.75) is 13.3 Å². The molecule has 2 nitrogen and oxygen atoms in total. The van der Waals surface area contributed by atoms with Crippen LogP contribution in [0.1, 0.15) is 18.9 Å². The number of hydrogen-bond acceptors (Lipinski definition) is 2. The summed E-state index contributed by atoms with van der Waals surface area (Å²) in [5.41, 5.74) is 1.28. The maximum Gasteiger partial charge on any atom is 0.115 e. The third-order valence-electron chi connectivity index (χ3n) is 2.86. The number of benzene rings is 3. The van der Waals surface area contributed by atoms with E-state index < -0.39 is 0 Å². The van der Waals surface area contributed by atoms with Crippen molar-refractivity contribution in [3.8, 4) is 11.5 Å². The molecule has 0 atom stereocenters. The zero-order valence-electron chi connectivity index (χ0n) is 13.9. The number of hydrogen-bond donors (Lipinski definition) is 2. The number of para-hydroxylation sites is 2. The molecule has 0 heterocycles. The first-order valence-corrected chi connectivity index (χ1v) is 7.92. The summed E-state index contributed by atoms with van der Waals surface area (Å²) in [6, 6.07) is 27.8. The molecule has 3 aromatic rings. The van der Waals surface area contributed by atoms with E-state index in [-0.39, 0.29) is 0 Å². The highest BCUT2D eigenvalue weighted by molar-refractivity contribution is 5.48. The SMILES string of the molecule is CCC=Cc1ccccc1.Oc1ccccc1.Oc1ccccc1. The van der Waals surface area contributed by atoms with Gasteiger partial charge in [0.1, 0.15) is 11.5 Å². The average Bonchev–Trinajstić information content (AvgIpc) is 2.63. The van der Waals surface area contributed by atoms with Crippen LogP contribution < -0.4 is 0 Å². The molecule has 0 amide bonds. The molecule has 0 unspecified atom stereocenters. The second-order valence-electron chi connectivity index (χ2n) is 4.89. The van der Waals surface area contributed by atoms with Gasteiger partial charge in [-0.15, -0.1) is 0 Å². The maximum absolute atomic E-state index is 8.63. The van der Waals surface area contributed by atoms with Crippen LogP contribution in [0.2, 0.25) is 0 Å². The minimum absolute atomic E-state index is 0.322. The van der Waals surface area contributed by atoms with Crippen LogP contribution in [0, 0.1) is 0 Å². The van der Waals surface area contributed by atoms with Crippen LogP contribution in [0.15, 0.2) is 97.1 Å². The molecule has 2 N–H and O–H groups in total. The lowest BCUT2D eigenvalue weighted by molar-refractivity contribution is 0.475. The summed E-state index contributed by atoms with van der Waals surface area (Å²) in [6.45, 7) is 2.14. The average molecular weight is 320 g/mol. The van der Waals surface area contributed by atoms with E-state index in [1.165, 1.54) is 5.56 Å². The minimum atomic E-state index is 0.322. The molecule has 0 fully saturated rings. The highest BCUT2D eigenvalue weighted by Gasteiger charge is 1.79. The van der Waals surface area contributed by atoms with Gasteiger partial charge in [0.25, 0.3) is 0 Å². The molecular formula is C22H24O2. The van der Waals surface area contributed by atoms with Gasteiger partial charge in [-0.3, -0.25) is 0 Å². The van der Waals surface area contributed by atoms with Crippen molar-refractivity contribution in [1.82, 2.24) is 0 Å². The van der Waals surface area contributed by atoms with Gasteiger partial charge in [-0.1, -0.05) is 85.8 Å². The van der Waals surface area contributed by atoms with Crippen LogP contribution in [0.3, 0.4) is 0 Å². The zero-order chi connectivity index (χ0) is 17.5. The molecular weight excluding hydrogens is 296 g/mol. The number of phenolic OH excluding ortho intramolecular Hbond substituents is 2. The molecule has 2 heteroatoms. The lowest BCUT2D eigenvalue weighted by Gasteiger charge is -1.88. The minimum Gasteiger partial charge on any atom is -0.508 e. The van der Waals surface area contributed by atoms with E-state index >= 15 is 0 Å². The molecule has 3 rings (SSSR count).